The Kier molecular flexibility index (Phi) is 4.22. The molecule has 6 heteroatoms. The first-order valence-corrected chi connectivity index (χ1v) is 9.40. The number of phenols is 3. The van der Waals surface area contributed by atoms with Gasteiger partial charge < -0.3 is 15.3 Å². The minimum atomic E-state index is -0.105. The minimum Gasteiger partial charge on any atom is -0.507 e. The van der Waals surface area contributed by atoms with Gasteiger partial charge in [-0.2, -0.15) is 0 Å². The lowest BCUT2D eigenvalue weighted by atomic mass is 9.86. The molecule has 0 aliphatic heterocycles. The van der Waals surface area contributed by atoms with Gasteiger partial charge in [-0.25, -0.2) is 4.68 Å². The largest absolute Gasteiger partial charge is 0.507 e. The minimum absolute atomic E-state index is 0.0947. The average Bonchev–Trinajstić information content (AvgIpc) is 3.11. The first kappa shape index (κ1) is 18.8. The molecule has 4 rings (SSSR count). The number of para-hydroxylation sites is 1. The van der Waals surface area contributed by atoms with E-state index in [1.807, 2.05) is 58.9 Å². The predicted octanol–water partition coefficient (Wildman–Crippen LogP) is 4.75. The van der Waals surface area contributed by atoms with Crippen LogP contribution in [0.1, 0.15) is 27.8 Å². The highest BCUT2D eigenvalue weighted by Gasteiger charge is 2.25. The van der Waals surface area contributed by atoms with Crippen molar-refractivity contribution in [3.05, 3.63) is 58.1 Å². The molecular formula is C23H23N3O3. The van der Waals surface area contributed by atoms with Crippen LogP contribution >= 0.6 is 0 Å². The maximum Gasteiger partial charge on any atom is 0.153 e. The molecule has 0 radical (unpaired) electrons. The summed E-state index contributed by atoms with van der Waals surface area (Å²) in [5.74, 6) is 0.0116. The molecule has 1 heterocycles. The summed E-state index contributed by atoms with van der Waals surface area (Å²) in [7, 11) is 0. The molecule has 0 fully saturated rings. The molecule has 6 nitrogen and oxygen atoms in total. The Hall–Kier alpha value is -3.54. The smallest absolute Gasteiger partial charge is 0.153 e. The highest BCUT2D eigenvalue weighted by atomic mass is 16.3. The van der Waals surface area contributed by atoms with Gasteiger partial charge in [-0.05, 0) is 86.2 Å². The molecule has 0 bridgehead atoms. The average molecular weight is 389 g/mol. The number of nitrogens with zero attached hydrogens (tertiary/aromatic N) is 3. The van der Waals surface area contributed by atoms with Crippen LogP contribution in [-0.4, -0.2) is 30.3 Å². The predicted molar refractivity (Wildman–Crippen MR) is 113 cm³/mol. The van der Waals surface area contributed by atoms with Crippen LogP contribution in [0.25, 0.3) is 27.8 Å². The quantitative estimate of drug-likeness (QED) is 0.460. The maximum absolute atomic E-state index is 11.3. The Bertz CT molecular complexity index is 1260. The van der Waals surface area contributed by atoms with Crippen LogP contribution in [0.4, 0.5) is 0 Å². The van der Waals surface area contributed by atoms with Gasteiger partial charge in [0.05, 0.1) is 5.52 Å². The summed E-state index contributed by atoms with van der Waals surface area (Å²) in [6.07, 6.45) is 0. The maximum atomic E-state index is 11.3. The lowest BCUT2D eigenvalue weighted by molar-refractivity contribution is 0.443. The zero-order chi connectivity index (χ0) is 21.0. The Morgan fingerprint density at radius 1 is 0.759 bits per heavy atom. The molecule has 0 aliphatic carbocycles. The van der Waals surface area contributed by atoms with Gasteiger partial charge in [0.25, 0.3) is 0 Å². The van der Waals surface area contributed by atoms with Gasteiger partial charge in [-0.1, -0.05) is 17.3 Å². The van der Waals surface area contributed by atoms with Crippen LogP contribution in [0.15, 0.2) is 30.3 Å². The van der Waals surface area contributed by atoms with Gasteiger partial charge in [0.15, 0.2) is 11.4 Å². The zero-order valence-electron chi connectivity index (χ0n) is 17.1. The van der Waals surface area contributed by atoms with Gasteiger partial charge in [0.1, 0.15) is 17.0 Å². The van der Waals surface area contributed by atoms with E-state index in [9.17, 15) is 15.3 Å². The summed E-state index contributed by atoms with van der Waals surface area (Å²) in [5, 5.41) is 40.9. The molecule has 0 saturated carbocycles. The van der Waals surface area contributed by atoms with Crippen molar-refractivity contribution >= 4 is 11.0 Å². The van der Waals surface area contributed by atoms with Gasteiger partial charge in [0, 0.05) is 5.56 Å². The summed E-state index contributed by atoms with van der Waals surface area (Å²) in [4.78, 5) is 0. The van der Waals surface area contributed by atoms with Crippen LogP contribution in [-0.2, 0) is 0 Å². The zero-order valence-corrected chi connectivity index (χ0v) is 17.1. The second-order valence-corrected chi connectivity index (χ2v) is 7.50. The lowest BCUT2D eigenvalue weighted by Gasteiger charge is -2.21. The van der Waals surface area contributed by atoms with E-state index in [0.29, 0.717) is 27.7 Å². The molecule has 0 spiro atoms. The Balaban J connectivity index is 2.10. The van der Waals surface area contributed by atoms with E-state index in [2.05, 4.69) is 10.3 Å². The van der Waals surface area contributed by atoms with E-state index in [-0.39, 0.29) is 22.9 Å². The SMILES string of the molecule is Cc1cc(O)c(-n2nnc3ccccc32)c(O)c1-c1c(C)c(C)c(C)c(O)c1C. The van der Waals surface area contributed by atoms with Crippen LogP contribution in [0, 0.1) is 34.6 Å². The fraction of sp³-hybridized carbons (Fsp3) is 0.217. The van der Waals surface area contributed by atoms with E-state index >= 15 is 0 Å². The van der Waals surface area contributed by atoms with E-state index in [1.165, 1.54) is 4.68 Å². The van der Waals surface area contributed by atoms with E-state index in [1.54, 1.807) is 6.07 Å². The summed E-state index contributed by atoms with van der Waals surface area (Å²) in [6, 6.07) is 8.95. The number of rotatable bonds is 2. The number of phenolic OH excluding ortho intramolecular Hbond substituents is 3. The number of aromatic nitrogens is 3. The molecule has 0 aliphatic rings. The fourth-order valence-electron chi connectivity index (χ4n) is 4.03. The van der Waals surface area contributed by atoms with Crippen LogP contribution in [0.5, 0.6) is 17.2 Å². The van der Waals surface area contributed by atoms with Gasteiger partial charge in [-0.15, -0.1) is 5.10 Å². The van der Waals surface area contributed by atoms with Crippen molar-refractivity contribution in [2.24, 2.45) is 0 Å². The Labute approximate surface area is 168 Å². The first-order chi connectivity index (χ1) is 13.7. The molecule has 1 aromatic heterocycles. The molecule has 0 atom stereocenters. The topological polar surface area (TPSA) is 91.4 Å². The molecule has 3 N–H and O–H groups in total. The van der Waals surface area contributed by atoms with Crippen molar-refractivity contribution in [1.29, 1.82) is 0 Å². The molecule has 148 valence electrons. The van der Waals surface area contributed by atoms with E-state index in [0.717, 1.165) is 22.3 Å². The normalized spacial score (nSPS) is 11.3. The molecule has 29 heavy (non-hydrogen) atoms. The summed E-state index contributed by atoms with van der Waals surface area (Å²) in [5.41, 5.74) is 6.94. The number of aromatic hydroxyl groups is 3. The second-order valence-electron chi connectivity index (χ2n) is 7.50. The summed E-state index contributed by atoms with van der Waals surface area (Å²) in [6.45, 7) is 9.46. The third kappa shape index (κ3) is 2.63. The molecule has 4 aromatic rings. The molecular weight excluding hydrogens is 366 g/mol. The number of hydrogen-bond donors (Lipinski definition) is 3. The van der Waals surface area contributed by atoms with Crippen molar-refractivity contribution in [3.63, 3.8) is 0 Å². The number of benzene rings is 3. The van der Waals surface area contributed by atoms with Crippen molar-refractivity contribution in [3.8, 4) is 34.1 Å². The Morgan fingerprint density at radius 2 is 1.45 bits per heavy atom. The van der Waals surface area contributed by atoms with Crippen LogP contribution in [0.2, 0.25) is 0 Å². The number of fused-ring (bicyclic) bond motifs is 1. The molecule has 0 saturated heterocycles. The van der Waals surface area contributed by atoms with E-state index < -0.39 is 0 Å². The molecule has 3 aromatic carbocycles. The highest BCUT2D eigenvalue weighted by molar-refractivity contribution is 5.87. The monoisotopic (exact) mass is 389 g/mol. The van der Waals surface area contributed by atoms with Crippen molar-refractivity contribution in [1.82, 2.24) is 15.0 Å². The van der Waals surface area contributed by atoms with Crippen LogP contribution in [0.3, 0.4) is 0 Å². The van der Waals surface area contributed by atoms with Gasteiger partial charge in [0.2, 0.25) is 0 Å². The molecule has 0 amide bonds. The first-order valence-electron chi connectivity index (χ1n) is 9.40. The summed E-state index contributed by atoms with van der Waals surface area (Å²) >= 11 is 0. The number of hydrogen-bond acceptors (Lipinski definition) is 5. The van der Waals surface area contributed by atoms with Crippen molar-refractivity contribution < 1.29 is 15.3 Å². The number of aryl methyl sites for hydroxylation is 1. The van der Waals surface area contributed by atoms with E-state index in [4.69, 9.17) is 0 Å². The van der Waals surface area contributed by atoms with Gasteiger partial charge >= 0.3 is 0 Å². The molecule has 0 unspecified atom stereocenters. The summed E-state index contributed by atoms with van der Waals surface area (Å²) < 4.78 is 1.44. The van der Waals surface area contributed by atoms with Crippen LogP contribution < -0.4 is 0 Å². The highest BCUT2D eigenvalue weighted by Crippen LogP contribution is 2.47. The third-order valence-electron chi connectivity index (χ3n) is 5.85. The third-order valence-corrected chi connectivity index (χ3v) is 5.85. The van der Waals surface area contributed by atoms with Crippen molar-refractivity contribution in [2.45, 2.75) is 34.6 Å². The Morgan fingerprint density at radius 3 is 2.17 bits per heavy atom. The lowest BCUT2D eigenvalue weighted by Crippen LogP contribution is -2.03. The second kappa shape index (κ2) is 6.51. The van der Waals surface area contributed by atoms with Crippen molar-refractivity contribution in [2.75, 3.05) is 0 Å². The fourth-order valence-corrected chi connectivity index (χ4v) is 4.03. The van der Waals surface area contributed by atoms with Gasteiger partial charge in [-0.3, -0.25) is 0 Å². The standard InChI is InChI=1S/C23H23N3O3/c1-11-10-18(27)21(26-17-9-7-6-8-16(17)24-25-26)23(29)19(11)20-13(3)12(2)14(4)22(28)15(20)5/h6-10,27-29H,1-5H3.